The lowest BCUT2D eigenvalue weighted by molar-refractivity contribution is -0.121. The van der Waals surface area contributed by atoms with Crippen molar-refractivity contribution in [2.24, 2.45) is 0 Å². The molecule has 0 aromatic heterocycles. The van der Waals surface area contributed by atoms with E-state index in [9.17, 15) is 13.2 Å². The van der Waals surface area contributed by atoms with E-state index in [-0.39, 0.29) is 17.6 Å². The summed E-state index contributed by atoms with van der Waals surface area (Å²) in [6.45, 7) is 2.53. The molecule has 3 aromatic rings. The molecule has 1 fully saturated rings. The lowest BCUT2D eigenvalue weighted by Gasteiger charge is -2.35. The number of nitrogens with one attached hydrogen (secondary N) is 1. The van der Waals surface area contributed by atoms with E-state index in [1.54, 1.807) is 11.4 Å². The van der Waals surface area contributed by atoms with Gasteiger partial charge in [-0.3, -0.25) is 4.79 Å². The van der Waals surface area contributed by atoms with E-state index in [0.717, 1.165) is 22.6 Å². The predicted molar refractivity (Wildman–Crippen MR) is 148 cm³/mol. The van der Waals surface area contributed by atoms with Gasteiger partial charge in [0.15, 0.2) is 0 Å². The zero-order valence-corrected chi connectivity index (χ0v) is 22.1. The Morgan fingerprint density at radius 2 is 1.43 bits per heavy atom. The fourth-order valence-corrected chi connectivity index (χ4v) is 6.17. The molecule has 0 atom stereocenters. The van der Waals surface area contributed by atoms with Crippen molar-refractivity contribution in [2.75, 3.05) is 50.5 Å². The van der Waals surface area contributed by atoms with Gasteiger partial charge in [-0.25, -0.2) is 8.42 Å². The van der Waals surface area contributed by atoms with Crippen molar-refractivity contribution in [3.8, 4) is 5.75 Å². The highest BCUT2D eigenvalue weighted by molar-refractivity contribution is 7.89. The summed E-state index contributed by atoms with van der Waals surface area (Å²) in [5.74, 6) is 0.695. The first kappa shape index (κ1) is 26.7. The van der Waals surface area contributed by atoms with Crippen LogP contribution in [-0.2, 0) is 14.8 Å². The van der Waals surface area contributed by atoms with Gasteiger partial charge in [-0.05, 0) is 41.8 Å². The van der Waals surface area contributed by atoms with Crippen LogP contribution >= 0.6 is 0 Å². The number of rotatable bonds is 11. The van der Waals surface area contributed by atoms with Crippen LogP contribution in [0, 0.1) is 0 Å². The van der Waals surface area contributed by atoms with Gasteiger partial charge in [0.25, 0.3) is 0 Å². The average Bonchev–Trinajstić information content (AvgIpc) is 2.95. The molecule has 7 nitrogen and oxygen atoms in total. The molecular formula is C29H35N3O4S. The highest BCUT2D eigenvalue weighted by atomic mass is 32.2. The smallest absolute Gasteiger partial charge is 0.220 e. The normalized spacial score (nSPS) is 14.5. The average molecular weight is 522 g/mol. The molecule has 0 bridgehead atoms. The molecule has 4 rings (SSSR count). The van der Waals surface area contributed by atoms with Crippen molar-refractivity contribution >= 4 is 21.6 Å². The molecule has 37 heavy (non-hydrogen) atoms. The lowest BCUT2D eigenvalue weighted by Crippen LogP contribution is -2.49. The number of carbonyl (C=O) groups excluding carboxylic acids is 1. The second-order valence-electron chi connectivity index (χ2n) is 9.18. The summed E-state index contributed by atoms with van der Waals surface area (Å²) in [4.78, 5) is 14.9. The quantitative estimate of drug-likeness (QED) is 0.388. The molecule has 3 aromatic carbocycles. The minimum atomic E-state index is -3.37. The van der Waals surface area contributed by atoms with Crippen molar-refractivity contribution in [3.05, 3.63) is 96.1 Å². The van der Waals surface area contributed by atoms with Crippen LogP contribution in [0.3, 0.4) is 0 Å². The maximum Gasteiger partial charge on any atom is 0.220 e. The van der Waals surface area contributed by atoms with Crippen molar-refractivity contribution in [1.29, 1.82) is 0 Å². The van der Waals surface area contributed by atoms with E-state index in [0.29, 0.717) is 45.6 Å². The standard InChI is InChI=1S/C29H35N3O4S/c1-36-27-15-13-26(14-16-27)31-18-20-32(21-19-31)37(34,35)22-8-17-30-29(33)23-28(24-9-4-2-5-10-24)25-11-6-3-7-12-25/h2-7,9-16,28H,8,17-23H2,1H3,(H,30,33). The van der Waals surface area contributed by atoms with Crippen molar-refractivity contribution in [3.63, 3.8) is 0 Å². The Hall–Kier alpha value is -3.36. The summed E-state index contributed by atoms with van der Waals surface area (Å²) >= 11 is 0. The molecule has 0 saturated carbocycles. The van der Waals surface area contributed by atoms with Crippen molar-refractivity contribution in [1.82, 2.24) is 9.62 Å². The Labute approximate surface area is 220 Å². The number of methoxy groups -OCH3 is 1. The van der Waals surface area contributed by atoms with E-state index < -0.39 is 10.0 Å². The number of piperazine rings is 1. The fraction of sp³-hybridized carbons (Fsp3) is 0.345. The van der Waals surface area contributed by atoms with Crippen LogP contribution < -0.4 is 15.0 Å². The molecule has 1 saturated heterocycles. The topological polar surface area (TPSA) is 79.0 Å². The van der Waals surface area contributed by atoms with Gasteiger partial charge < -0.3 is 15.0 Å². The molecule has 1 aliphatic heterocycles. The van der Waals surface area contributed by atoms with E-state index in [1.165, 1.54) is 0 Å². The van der Waals surface area contributed by atoms with Gasteiger partial charge in [-0.15, -0.1) is 0 Å². The Kier molecular flexibility index (Phi) is 9.19. The third-order valence-electron chi connectivity index (χ3n) is 6.76. The molecule has 1 aliphatic rings. The second kappa shape index (κ2) is 12.7. The number of anilines is 1. The van der Waals surface area contributed by atoms with Gasteiger partial charge in [0.2, 0.25) is 15.9 Å². The second-order valence-corrected chi connectivity index (χ2v) is 11.3. The predicted octanol–water partition coefficient (Wildman–Crippen LogP) is 3.88. The number of hydrogen-bond acceptors (Lipinski definition) is 5. The third kappa shape index (κ3) is 7.33. The highest BCUT2D eigenvalue weighted by Gasteiger charge is 2.27. The SMILES string of the molecule is COc1ccc(N2CCN(S(=O)(=O)CCCNC(=O)CC(c3ccccc3)c3ccccc3)CC2)cc1. The summed E-state index contributed by atoms with van der Waals surface area (Å²) in [6, 6.07) is 27.8. The maximum absolute atomic E-state index is 12.9. The van der Waals surface area contributed by atoms with Crippen LogP contribution in [0.2, 0.25) is 0 Å². The minimum Gasteiger partial charge on any atom is -0.497 e. The zero-order chi connectivity index (χ0) is 26.1. The van der Waals surface area contributed by atoms with Crippen LogP contribution in [0.25, 0.3) is 0 Å². The molecule has 1 heterocycles. The molecule has 8 heteroatoms. The van der Waals surface area contributed by atoms with Gasteiger partial charge in [0.1, 0.15) is 5.75 Å². The first-order chi connectivity index (χ1) is 18.0. The molecule has 1 N–H and O–H groups in total. The molecule has 0 spiro atoms. The summed E-state index contributed by atoms with van der Waals surface area (Å²) in [6.07, 6.45) is 0.697. The van der Waals surface area contributed by atoms with Crippen LogP contribution in [0.1, 0.15) is 29.9 Å². The molecular weight excluding hydrogens is 486 g/mol. The van der Waals surface area contributed by atoms with Crippen LogP contribution in [-0.4, -0.2) is 64.2 Å². The Bertz CT molecular complexity index is 1190. The van der Waals surface area contributed by atoms with Gasteiger partial charge in [-0.2, -0.15) is 4.31 Å². The Morgan fingerprint density at radius 3 is 1.97 bits per heavy atom. The monoisotopic (exact) mass is 521 g/mol. The Balaban J connectivity index is 1.23. The largest absolute Gasteiger partial charge is 0.497 e. The minimum absolute atomic E-state index is 0.0244. The molecule has 0 aliphatic carbocycles. The van der Waals surface area contributed by atoms with Crippen molar-refractivity contribution < 1.29 is 17.9 Å². The number of ether oxygens (including phenoxy) is 1. The molecule has 0 radical (unpaired) electrons. The lowest BCUT2D eigenvalue weighted by atomic mass is 9.88. The number of amides is 1. The van der Waals surface area contributed by atoms with Gasteiger partial charge in [-0.1, -0.05) is 60.7 Å². The number of benzene rings is 3. The van der Waals surface area contributed by atoms with E-state index in [2.05, 4.69) is 10.2 Å². The molecule has 196 valence electrons. The summed E-state index contributed by atoms with van der Waals surface area (Å²) < 4.78 is 32.5. The summed E-state index contributed by atoms with van der Waals surface area (Å²) in [7, 11) is -1.74. The third-order valence-corrected chi connectivity index (χ3v) is 8.72. The zero-order valence-electron chi connectivity index (χ0n) is 21.3. The van der Waals surface area contributed by atoms with Crippen LogP contribution in [0.5, 0.6) is 5.75 Å². The first-order valence-corrected chi connectivity index (χ1v) is 14.3. The number of carbonyl (C=O) groups is 1. The molecule has 0 unspecified atom stereocenters. The number of sulfonamides is 1. The first-order valence-electron chi connectivity index (χ1n) is 12.7. The maximum atomic E-state index is 12.9. The van der Waals surface area contributed by atoms with Crippen LogP contribution in [0.4, 0.5) is 5.69 Å². The van der Waals surface area contributed by atoms with Gasteiger partial charge in [0, 0.05) is 50.7 Å². The van der Waals surface area contributed by atoms with Crippen LogP contribution in [0.15, 0.2) is 84.9 Å². The van der Waals surface area contributed by atoms with Gasteiger partial charge in [0.05, 0.1) is 12.9 Å². The fourth-order valence-electron chi connectivity index (χ4n) is 4.69. The highest BCUT2D eigenvalue weighted by Crippen LogP contribution is 2.27. The van der Waals surface area contributed by atoms with E-state index >= 15 is 0 Å². The van der Waals surface area contributed by atoms with E-state index in [4.69, 9.17) is 4.74 Å². The van der Waals surface area contributed by atoms with Crippen molar-refractivity contribution in [2.45, 2.75) is 18.8 Å². The summed E-state index contributed by atoms with van der Waals surface area (Å²) in [5.41, 5.74) is 3.23. The molecule has 1 amide bonds. The number of hydrogen-bond donors (Lipinski definition) is 1. The Morgan fingerprint density at radius 1 is 0.865 bits per heavy atom. The summed E-state index contributed by atoms with van der Waals surface area (Å²) in [5, 5.41) is 2.93. The number of nitrogens with zero attached hydrogens (tertiary/aromatic N) is 2. The van der Waals surface area contributed by atoms with Gasteiger partial charge >= 0.3 is 0 Å². The van der Waals surface area contributed by atoms with E-state index in [1.807, 2.05) is 84.9 Å².